The van der Waals surface area contributed by atoms with Crippen molar-refractivity contribution in [2.24, 2.45) is 0 Å². The number of hydrogen-bond acceptors (Lipinski definition) is 2. The van der Waals surface area contributed by atoms with E-state index in [0.717, 1.165) is 25.1 Å². The average Bonchev–Trinajstić information content (AvgIpc) is 2.14. The molecular weight excluding hydrogens is 247 g/mol. The van der Waals surface area contributed by atoms with Crippen molar-refractivity contribution in [2.45, 2.75) is 19.8 Å². The number of halogens is 2. The van der Waals surface area contributed by atoms with Gasteiger partial charge in [0.15, 0.2) is 0 Å². The molecule has 0 atom stereocenters. The molecule has 1 aromatic rings. The second kappa shape index (κ2) is 5.20. The van der Waals surface area contributed by atoms with E-state index in [1.54, 1.807) is 6.07 Å². The van der Waals surface area contributed by atoms with Crippen LogP contribution >= 0.6 is 15.9 Å². The fraction of sp³-hybridized carbons (Fsp3) is 0.400. The van der Waals surface area contributed by atoms with E-state index in [4.69, 9.17) is 5.73 Å². The summed E-state index contributed by atoms with van der Waals surface area (Å²) in [5.74, 6) is -0.330. The zero-order chi connectivity index (χ0) is 10.6. The Morgan fingerprint density at radius 3 is 2.86 bits per heavy atom. The van der Waals surface area contributed by atoms with E-state index in [2.05, 4.69) is 28.2 Å². The van der Waals surface area contributed by atoms with E-state index >= 15 is 0 Å². The molecule has 4 heteroatoms. The first-order valence-corrected chi connectivity index (χ1v) is 5.42. The molecule has 1 rings (SSSR count). The molecule has 0 radical (unpaired) electrons. The predicted molar refractivity (Wildman–Crippen MR) is 61.9 cm³/mol. The summed E-state index contributed by atoms with van der Waals surface area (Å²) in [6.07, 6.45) is 2.20. The first-order valence-electron chi connectivity index (χ1n) is 4.63. The minimum Gasteiger partial charge on any atom is -0.397 e. The lowest BCUT2D eigenvalue weighted by Crippen LogP contribution is -2.04. The predicted octanol–water partition coefficient (Wildman–Crippen LogP) is 3.38. The van der Waals surface area contributed by atoms with Crippen LogP contribution in [0.4, 0.5) is 15.8 Å². The molecule has 0 unspecified atom stereocenters. The van der Waals surface area contributed by atoms with Gasteiger partial charge in [-0.1, -0.05) is 13.3 Å². The third kappa shape index (κ3) is 2.87. The SMILES string of the molecule is CCCCNc1cc(Br)c(F)cc1N. The van der Waals surface area contributed by atoms with Crippen LogP contribution in [0.5, 0.6) is 0 Å². The van der Waals surface area contributed by atoms with Gasteiger partial charge in [-0.15, -0.1) is 0 Å². The number of unbranched alkanes of at least 4 members (excludes halogenated alkanes) is 1. The Morgan fingerprint density at radius 2 is 2.21 bits per heavy atom. The Bertz CT molecular complexity index is 315. The molecule has 0 saturated heterocycles. The highest BCUT2D eigenvalue weighted by Crippen LogP contribution is 2.26. The minimum atomic E-state index is -0.330. The standard InChI is InChI=1S/C10H14BrFN2/c1-2-3-4-14-10-5-7(11)8(12)6-9(10)13/h5-6,14H,2-4,13H2,1H3. The first-order chi connectivity index (χ1) is 6.65. The van der Waals surface area contributed by atoms with E-state index in [0.29, 0.717) is 10.2 Å². The minimum absolute atomic E-state index is 0.330. The maximum absolute atomic E-state index is 13.0. The van der Waals surface area contributed by atoms with Gasteiger partial charge >= 0.3 is 0 Å². The van der Waals surface area contributed by atoms with Gasteiger partial charge < -0.3 is 11.1 Å². The molecule has 14 heavy (non-hydrogen) atoms. The molecule has 1 aromatic carbocycles. The Labute approximate surface area is 91.8 Å². The molecule has 0 bridgehead atoms. The number of nitrogens with one attached hydrogen (secondary N) is 1. The van der Waals surface area contributed by atoms with Crippen molar-refractivity contribution in [1.29, 1.82) is 0 Å². The average molecular weight is 261 g/mol. The summed E-state index contributed by atoms with van der Waals surface area (Å²) < 4.78 is 13.4. The Hall–Kier alpha value is -0.770. The summed E-state index contributed by atoms with van der Waals surface area (Å²) in [6, 6.07) is 2.98. The summed E-state index contributed by atoms with van der Waals surface area (Å²) in [6.45, 7) is 2.98. The number of rotatable bonds is 4. The Kier molecular flexibility index (Phi) is 4.20. The van der Waals surface area contributed by atoms with Crippen LogP contribution in [0.15, 0.2) is 16.6 Å². The summed E-state index contributed by atoms with van der Waals surface area (Å²) in [5.41, 5.74) is 6.88. The Balaban J connectivity index is 2.72. The smallest absolute Gasteiger partial charge is 0.139 e. The number of anilines is 2. The molecule has 3 N–H and O–H groups in total. The van der Waals surface area contributed by atoms with Gasteiger partial charge in [-0.05, 0) is 28.4 Å². The molecule has 2 nitrogen and oxygen atoms in total. The lowest BCUT2D eigenvalue weighted by molar-refractivity contribution is 0.622. The van der Waals surface area contributed by atoms with Crippen LogP contribution in [-0.2, 0) is 0 Å². The van der Waals surface area contributed by atoms with Gasteiger partial charge in [-0.2, -0.15) is 0 Å². The zero-order valence-corrected chi connectivity index (χ0v) is 9.70. The zero-order valence-electron chi connectivity index (χ0n) is 8.11. The number of hydrogen-bond donors (Lipinski definition) is 2. The molecule has 0 aliphatic rings. The van der Waals surface area contributed by atoms with Crippen LogP contribution in [0.1, 0.15) is 19.8 Å². The lowest BCUT2D eigenvalue weighted by atomic mass is 10.2. The lowest BCUT2D eigenvalue weighted by Gasteiger charge is -2.09. The first kappa shape index (κ1) is 11.3. The maximum atomic E-state index is 13.0. The number of nitrogens with two attached hydrogens (primary N) is 1. The third-order valence-corrected chi connectivity index (χ3v) is 2.55. The Morgan fingerprint density at radius 1 is 1.50 bits per heavy atom. The van der Waals surface area contributed by atoms with Crippen LogP contribution in [0.2, 0.25) is 0 Å². The number of nitrogen functional groups attached to an aromatic ring is 1. The normalized spacial score (nSPS) is 10.2. The van der Waals surface area contributed by atoms with E-state index in [9.17, 15) is 4.39 Å². The van der Waals surface area contributed by atoms with Crippen LogP contribution in [0.3, 0.4) is 0 Å². The van der Waals surface area contributed by atoms with E-state index < -0.39 is 0 Å². The molecule has 0 heterocycles. The fourth-order valence-corrected chi connectivity index (χ4v) is 1.46. The van der Waals surface area contributed by atoms with E-state index in [1.165, 1.54) is 6.07 Å². The molecule has 0 saturated carbocycles. The van der Waals surface area contributed by atoms with Gasteiger partial charge in [0.25, 0.3) is 0 Å². The maximum Gasteiger partial charge on any atom is 0.139 e. The van der Waals surface area contributed by atoms with Crippen molar-refractivity contribution in [1.82, 2.24) is 0 Å². The molecule has 0 amide bonds. The van der Waals surface area contributed by atoms with E-state index in [1.807, 2.05) is 0 Å². The highest BCUT2D eigenvalue weighted by atomic mass is 79.9. The fourth-order valence-electron chi connectivity index (χ4n) is 1.12. The number of benzene rings is 1. The topological polar surface area (TPSA) is 38.0 Å². The van der Waals surface area contributed by atoms with Crippen molar-refractivity contribution in [2.75, 3.05) is 17.6 Å². The third-order valence-electron chi connectivity index (χ3n) is 1.94. The highest BCUT2D eigenvalue weighted by molar-refractivity contribution is 9.10. The highest BCUT2D eigenvalue weighted by Gasteiger charge is 2.04. The van der Waals surface area contributed by atoms with Crippen LogP contribution in [-0.4, -0.2) is 6.54 Å². The quantitative estimate of drug-likeness (QED) is 0.644. The van der Waals surface area contributed by atoms with Gasteiger partial charge in [-0.25, -0.2) is 4.39 Å². The van der Waals surface area contributed by atoms with Crippen molar-refractivity contribution in [3.05, 3.63) is 22.4 Å². The summed E-state index contributed by atoms with van der Waals surface area (Å²) >= 11 is 3.12. The molecule has 0 spiro atoms. The van der Waals surface area contributed by atoms with Crippen molar-refractivity contribution in [3.8, 4) is 0 Å². The molecule has 0 aromatic heterocycles. The van der Waals surface area contributed by atoms with Crippen molar-refractivity contribution >= 4 is 27.3 Å². The van der Waals surface area contributed by atoms with Crippen LogP contribution in [0.25, 0.3) is 0 Å². The molecule has 0 aliphatic heterocycles. The van der Waals surface area contributed by atoms with Crippen LogP contribution in [0, 0.1) is 5.82 Å². The summed E-state index contributed by atoms with van der Waals surface area (Å²) in [7, 11) is 0. The van der Waals surface area contributed by atoms with Gasteiger partial charge in [0.2, 0.25) is 0 Å². The van der Waals surface area contributed by atoms with Crippen molar-refractivity contribution in [3.63, 3.8) is 0 Å². The van der Waals surface area contributed by atoms with Crippen LogP contribution < -0.4 is 11.1 Å². The largest absolute Gasteiger partial charge is 0.397 e. The van der Waals surface area contributed by atoms with E-state index in [-0.39, 0.29) is 5.82 Å². The monoisotopic (exact) mass is 260 g/mol. The van der Waals surface area contributed by atoms with Gasteiger partial charge in [0.1, 0.15) is 5.82 Å². The van der Waals surface area contributed by atoms with Gasteiger partial charge in [0, 0.05) is 12.6 Å². The van der Waals surface area contributed by atoms with Gasteiger partial charge in [-0.3, -0.25) is 0 Å². The van der Waals surface area contributed by atoms with Crippen molar-refractivity contribution < 1.29 is 4.39 Å². The summed E-state index contributed by atoms with van der Waals surface area (Å²) in [4.78, 5) is 0. The second-order valence-electron chi connectivity index (χ2n) is 3.13. The molecule has 0 aliphatic carbocycles. The molecule has 0 fully saturated rings. The second-order valence-corrected chi connectivity index (χ2v) is 3.99. The van der Waals surface area contributed by atoms with Gasteiger partial charge in [0.05, 0.1) is 15.8 Å². The molecular formula is C10H14BrFN2. The molecule has 78 valence electrons. The summed E-state index contributed by atoms with van der Waals surface area (Å²) in [5, 5.41) is 3.16.